The molecule has 0 fully saturated rings. The van der Waals surface area contributed by atoms with E-state index in [0.29, 0.717) is 11.4 Å². The number of carbonyl (C=O) groups is 2. The molecule has 1 aliphatic rings. The highest BCUT2D eigenvalue weighted by Crippen LogP contribution is 2.35. The van der Waals surface area contributed by atoms with Gasteiger partial charge >= 0.3 is 5.97 Å². The predicted molar refractivity (Wildman–Crippen MR) is 70.2 cm³/mol. The van der Waals surface area contributed by atoms with E-state index in [1.165, 1.54) is 4.90 Å². The van der Waals surface area contributed by atoms with Crippen LogP contribution in [0.15, 0.2) is 22.7 Å². The topological polar surface area (TPSA) is 87.1 Å². The van der Waals surface area contributed by atoms with Crippen molar-refractivity contribution in [2.45, 2.75) is 12.5 Å². The Kier molecular flexibility index (Phi) is 3.51. The van der Waals surface area contributed by atoms with Gasteiger partial charge in [-0.1, -0.05) is 15.9 Å². The molecule has 0 saturated carbocycles. The van der Waals surface area contributed by atoms with Gasteiger partial charge in [-0.25, -0.2) is 4.79 Å². The Morgan fingerprint density at radius 3 is 2.89 bits per heavy atom. The summed E-state index contributed by atoms with van der Waals surface area (Å²) in [6.45, 7) is 0.633. The number of fused-ring (bicyclic) bond motifs is 1. The first-order valence-corrected chi connectivity index (χ1v) is 6.29. The summed E-state index contributed by atoms with van der Waals surface area (Å²) >= 11 is 3.27. The van der Waals surface area contributed by atoms with E-state index in [4.69, 9.17) is 9.84 Å². The summed E-state index contributed by atoms with van der Waals surface area (Å²) in [7, 11) is 0. The summed E-state index contributed by atoms with van der Waals surface area (Å²) in [6.07, 6.45) is 0. The van der Waals surface area contributed by atoms with Gasteiger partial charge in [-0.05, 0) is 25.1 Å². The van der Waals surface area contributed by atoms with E-state index in [2.05, 4.69) is 15.9 Å². The summed E-state index contributed by atoms with van der Waals surface area (Å²) in [4.78, 5) is 24.0. The lowest BCUT2D eigenvalue weighted by Gasteiger charge is -2.33. The van der Waals surface area contributed by atoms with Gasteiger partial charge in [0.25, 0.3) is 5.91 Å². The lowest BCUT2D eigenvalue weighted by molar-refractivity contribution is -0.155. The predicted octanol–water partition coefficient (Wildman–Crippen LogP) is 1.01. The van der Waals surface area contributed by atoms with E-state index in [-0.39, 0.29) is 13.2 Å². The first kappa shape index (κ1) is 13.8. The minimum atomic E-state index is -2.02. The normalized spacial score (nSPS) is 17.4. The van der Waals surface area contributed by atoms with E-state index in [1.807, 2.05) is 0 Å². The van der Waals surface area contributed by atoms with Crippen LogP contribution >= 0.6 is 15.9 Å². The number of ether oxygens (including phenoxy) is 1. The van der Waals surface area contributed by atoms with Crippen molar-refractivity contribution in [1.82, 2.24) is 0 Å². The van der Waals surface area contributed by atoms with Gasteiger partial charge in [0.1, 0.15) is 5.75 Å². The van der Waals surface area contributed by atoms with Crippen molar-refractivity contribution in [3.63, 3.8) is 0 Å². The third kappa shape index (κ3) is 2.71. The zero-order valence-electron chi connectivity index (χ0n) is 10.1. The maximum atomic E-state index is 11.9. The van der Waals surface area contributed by atoms with Crippen LogP contribution in [0.5, 0.6) is 5.75 Å². The number of hydrogen-bond donors (Lipinski definition) is 2. The van der Waals surface area contributed by atoms with Crippen molar-refractivity contribution >= 4 is 33.5 Å². The van der Waals surface area contributed by atoms with E-state index >= 15 is 0 Å². The smallest absolute Gasteiger partial charge is 0.337 e. The van der Waals surface area contributed by atoms with Crippen LogP contribution in [0.3, 0.4) is 0 Å². The number of carboxylic acids is 1. The van der Waals surface area contributed by atoms with Gasteiger partial charge in [0.15, 0.2) is 12.2 Å². The highest BCUT2D eigenvalue weighted by atomic mass is 79.9. The van der Waals surface area contributed by atoms with E-state index in [0.717, 1.165) is 11.4 Å². The molecule has 6 nitrogen and oxygen atoms in total. The molecule has 19 heavy (non-hydrogen) atoms. The van der Waals surface area contributed by atoms with Crippen molar-refractivity contribution in [3.05, 3.63) is 22.7 Å². The standard InChI is InChI=1S/C12H12BrNO5/c1-12(18,11(16)17)6-14-8-4-7(13)2-3-9(8)19-5-10(14)15/h2-4,18H,5-6H2,1H3,(H,16,17). The van der Waals surface area contributed by atoms with Crippen molar-refractivity contribution in [1.29, 1.82) is 0 Å². The molecular weight excluding hydrogens is 318 g/mol. The fraction of sp³-hybridized carbons (Fsp3) is 0.333. The highest BCUT2D eigenvalue weighted by molar-refractivity contribution is 9.10. The molecule has 0 saturated heterocycles. The first-order chi connectivity index (χ1) is 8.81. The number of amides is 1. The molecule has 0 spiro atoms. The molecule has 1 unspecified atom stereocenters. The minimum absolute atomic E-state index is 0.176. The molecule has 0 bridgehead atoms. The van der Waals surface area contributed by atoms with Crippen LogP contribution in [0.2, 0.25) is 0 Å². The van der Waals surface area contributed by atoms with E-state index < -0.39 is 17.5 Å². The molecule has 102 valence electrons. The van der Waals surface area contributed by atoms with Crippen LogP contribution in [0.1, 0.15) is 6.92 Å². The molecule has 2 rings (SSSR count). The third-order valence-electron chi connectivity index (χ3n) is 2.79. The second-order valence-corrected chi connectivity index (χ2v) is 5.38. The van der Waals surface area contributed by atoms with E-state index in [1.54, 1.807) is 18.2 Å². The Hall–Kier alpha value is -1.60. The number of aliphatic carboxylic acids is 1. The number of β-amino-alcohol motifs (C(OH)–C–C–N with tert-alkyl or cyclic N) is 1. The van der Waals surface area contributed by atoms with Gasteiger partial charge in [-0.3, -0.25) is 4.79 Å². The number of rotatable bonds is 3. The number of aliphatic hydroxyl groups is 1. The first-order valence-electron chi connectivity index (χ1n) is 5.50. The van der Waals surface area contributed by atoms with Crippen LogP contribution < -0.4 is 9.64 Å². The van der Waals surface area contributed by atoms with Crippen molar-refractivity contribution in [3.8, 4) is 5.75 Å². The van der Waals surface area contributed by atoms with Gasteiger partial charge in [0.2, 0.25) is 0 Å². The quantitative estimate of drug-likeness (QED) is 0.864. The summed E-state index contributed by atoms with van der Waals surface area (Å²) in [5, 5.41) is 18.7. The lowest BCUT2D eigenvalue weighted by atomic mass is 10.1. The Labute approximate surface area is 117 Å². The Morgan fingerprint density at radius 1 is 1.58 bits per heavy atom. The molecule has 1 amide bonds. The second kappa shape index (κ2) is 4.82. The van der Waals surface area contributed by atoms with Crippen LogP contribution in [0.25, 0.3) is 0 Å². The van der Waals surface area contributed by atoms with Gasteiger partial charge in [-0.15, -0.1) is 0 Å². The monoisotopic (exact) mass is 329 g/mol. The Morgan fingerprint density at radius 2 is 2.26 bits per heavy atom. The number of halogens is 1. The molecule has 0 aliphatic carbocycles. The zero-order chi connectivity index (χ0) is 14.2. The molecule has 1 aromatic rings. The van der Waals surface area contributed by atoms with Crippen LogP contribution in [0.4, 0.5) is 5.69 Å². The highest BCUT2D eigenvalue weighted by Gasteiger charge is 2.37. The molecule has 1 aliphatic heterocycles. The van der Waals surface area contributed by atoms with Gasteiger partial charge in [0, 0.05) is 4.47 Å². The fourth-order valence-electron chi connectivity index (χ4n) is 1.72. The van der Waals surface area contributed by atoms with E-state index in [9.17, 15) is 14.7 Å². The fourth-order valence-corrected chi connectivity index (χ4v) is 2.07. The van der Waals surface area contributed by atoms with Gasteiger partial charge in [-0.2, -0.15) is 0 Å². The summed E-state index contributed by atoms with van der Waals surface area (Å²) in [5.41, 5.74) is -1.58. The Bertz CT molecular complexity index is 543. The second-order valence-electron chi connectivity index (χ2n) is 4.46. The number of anilines is 1. The van der Waals surface area contributed by atoms with Crippen LogP contribution in [-0.2, 0) is 9.59 Å². The molecule has 0 radical (unpaired) electrons. The number of hydrogen-bond acceptors (Lipinski definition) is 4. The molecule has 1 aromatic carbocycles. The van der Waals surface area contributed by atoms with Crippen molar-refractivity contribution in [2.24, 2.45) is 0 Å². The number of carboxylic acid groups (broad SMARTS) is 1. The van der Waals surface area contributed by atoms with Crippen LogP contribution in [-0.4, -0.2) is 40.8 Å². The third-order valence-corrected chi connectivity index (χ3v) is 3.28. The average Bonchev–Trinajstić information content (AvgIpc) is 2.33. The van der Waals surface area contributed by atoms with Gasteiger partial charge in [0.05, 0.1) is 12.2 Å². The number of benzene rings is 1. The molecule has 0 aromatic heterocycles. The van der Waals surface area contributed by atoms with Crippen molar-refractivity contribution < 1.29 is 24.5 Å². The summed E-state index contributed by atoms with van der Waals surface area (Å²) in [6, 6.07) is 5.07. The summed E-state index contributed by atoms with van der Waals surface area (Å²) in [5.74, 6) is -1.31. The van der Waals surface area contributed by atoms with Crippen LogP contribution in [0, 0.1) is 0 Å². The largest absolute Gasteiger partial charge is 0.482 e. The summed E-state index contributed by atoms with van der Waals surface area (Å²) < 4.78 is 5.98. The number of carbonyl (C=O) groups excluding carboxylic acids is 1. The molecule has 2 N–H and O–H groups in total. The maximum absolute atomic E-state index is 11.9. The molecule has 1 atom stereocenters. The maximum Gasteiger partial charge on any atom is 0.337 e. The molecule has 1 heterocycles. The number of nitrogens with zero attached hydrogens (tertiary/aromatic N) is 1. The molecule has 7 heteroatoms. The Balaban J connectivity index is 2.38. The van der Waals surface area contributed by atoms with Crippen molar-refractivity contribution in [2.75, 3.05) is 18.1 Å². The minimum Gasteiger partial charge on any atom is -0.482 e. The molecular formula is C12H12BrNO5. The lowest BCUT2D eigenvalue weighted by Crippen LogP contribution is -2.51. The zero-order valence-corrected chi connectivity index (χ0v) is 11.7. The van der Waals surface area contributed by atoms with Gasteiger partial charge < -0.3 is 19.8 Å². The average molecular weight is 330 g/mol. The SMILES string of the molecule is CC(O)(CN1C(=O)COc2ccc(Br)cc21)C(=O)O.